The average Bonchev–Trinajstić information content (AvgIpc) is 2.62. The molecule has 1 nitrogen and oxygen atoms in total. The van der Waals surface area contributed by atoms with Crippen molar-refractivity contribution in [3.05, 3.63) is 40.4 Å². The fourth-order valence-electron chi connectivity index (χ4n) is 1.13. The van der Waals surface area contributed by atoms with Crippen molar-refractivity contribution in [2.45, 2.75) is 27.2 Å². The molecule has 1 N–H and O–H groups in total. The second kappa shape index (κ2) is 5.11. The molecule has 0 aliphatic rings. The fourth-order valence-corrected chi connectivity index (χ4v) is 1.64. The Kier molecular flexibility index (Phi) is 4.08. The SMILES string of the molecule is C=C(C)S/C=C(\C)c1c[nH]c(CC)c1. The molecule has 0 bridgehead atoms. The maximum absolute atomic E-state index is 3.85. The Morgan fingerprint density at radius 3 is 2.79 bits per heavy atom. The van der Waals surface area contributed by atoms with E-state index in [0.717, 1.165) is 11.3 Å². The van der Waals surface area contributed by atoms with E-state index in [2.05, 4.69) is 43.1 Å². The van der Waals surface area contributed by atoms with Crippen molar-refractivity contribution >= 4 is 17.3 Å². The summed E-state index contributed by atoms with van der Waals surface area (Å²) >= 11 is 1.68. The van der Waals surface area contributed by atoms with E-state index in [1.54, 1.807) is 11.8 Å². The number of hydrogen-bond donors (Lipinski definition) is 1. The molecule has 0 saturated heterocycles. The number of aromatic amines is 1. The third kappa shape index (κ3) is 3.11. The van der Waals surface area contributed by atoms with Gasteiger partial charge >= 0.3 is 0 Å². The summed E-state index contributed by atoms with van der Waals surface area (Å²) in [6.07, 6.45) is 3.12. The molecule has 1 aromatic rings. The quantitative estimate of drug-likeness (QED) is 0.782. The predicted molar refractivity (Wildman–Crippen MR) is 66.2 cm³/mol. The van der Waals surface area contributed by atoms with Crippen LogP contribution in [0, 0.1) is 0 Å². The van der Waals surface area contributed by atoms with Gasteiger partial charge in [0.05, 0.1) is 0 Å². The zero-order valence-electron chi connectivity index (χ0n) is 9.05. The first-order chi connectivity index (χ1) is 6.63. The first-order valence-electron chi connectivity index (χ1n) is 4.80. The smallest absolute Gasteiger partial charge is 0.0150 e. The number of thioether (sulfide) groups is 1. The highest BCUT2D eigenvalue weighted by molar-refractivity contribution is 8.05. The lowest BCUT2D eigenvalue weighted by Crippen LogP contribution is -1.74. The number of nitrogens with one attached hydrogen (secondary N) is 1. The molecule has 0 aliphatic heterocycles. The standard InChI is InChI=1S/C12H17NS/c1-5-12-6-11(7-13-12)10(4)8-14-9(2)3/h6-8,13H,2,5H2,1,3-4H3/b10-8+. The Morgan fingerprint density at radius 2 is 2.29 bits per heavy atom. The maximum Gasteiger partial charge on any atom is 0.0150 e. The molecule has 0 amide bonds. The molecule has 2 heteroatoms. The summed E-state index contributed by atoms with van der Waals surface area (Å²) in [6, 6.07) is 2.20. The van der Waals surface area contributed by atoms with Gasteiger partial charge in [0.2, 0.25) is 0 Å². The Morgan fingerprint density at radius 1 is 1.57 bits per heavy atom. The van der Waals surface area contributed by atoms with Gasteiger partial charge in [-0.05, 0) is 47.8 Å². The van der Waals surface area contributed by atoms with Gasteiger partial charge < -0.3 is 4.98 Å². The van der Waals surface area contributed by atoms with Crippen LogP contribution in [0.25, 0.3) is 5.57 Å². The highest BCUT2D eigenvalue weighted by Gasteiger charge is 1.98. The van der Waals surface area contributed by atoms with Crippen LogP contribution in [0.4, 0.5) is 0 Å². The Balaban J connectivity index is 2.73. The van der Waals surface area contributed by atoms with Crippen LogP contribution in [-0.4, -0.2) is 4.98 Å². The summed E-state index contributed by atoms with van der Waals surface area (Å²) in [4.78, 5) is 4.37. The van der Waals surface area contributed by atoms with Crippen molar-refractivity contribution in [2.24, 2.45) is 0 Å². The summed E-state index contributed by atoms with van der Waals surface area (Å²) in [7, 11) is 0. The van der Waals surface area contributed by atoms with Crippen LogP contribution in [0.15, 0.2) is 29.2 Å². The van der Waals surface area contributed by atoms with Gasteiger partial charge in [0, 0.05) is 11.9 Å². The highest BCUT2D eigenvalue weighted by Crippen LogP contribution is 2.22. The topological polar surface area (TPSA) is 15.8 Å². The molecule has 0 atom stereocenters. The monoisotopic (exact) mass is 207 g/mol. The average molecular weight is 207 g/mol. The summed E-state index contributed by atoms with van der Waals surface area (Å²) in [5.74, 6) is 0. The van der Waals surface area contributed by atoms with Crippen molar-refractivity contribution in [3.8, 4) is 0 Å². The zero-order chi connectivity index (χ0) is 10.6. The third-order valence-electron chi connectivity index (χ3n) is 2.02. The second-order valence-corrected chi connectivity index (χ2v) is 4.56. The molecule has 1 heterocycles. The molecule has 0 aliphatic carbocycles. The maximum atomic E-state index is 3.85. The number of aromatic nitrogens is 1. The second-order valence-electron chi connectivity index (χ2n) is 3.39. The van der Waals surface area contributed by atoms with Crippen molar-refractivity contribution in [2.75, 3.05) is 0 Å². The van der Waals surface area contributed by atoms with E-state index in [1.165, 1.54) is 16.8 Å². The molecule has 1 aromatic heterocycles. The van der Waals surface area contributed by atoms with Crippen LogP contribution in [0.5, 0.6) is 0 Å². The van der Waals surface area contributed by atoms with E-state index in [4.69, 9.17) is 0 Å². The Bertz CT molecular complexity index is 347. The predicted octanol–water partition coefficient (Wildman–Crippen LogP) is 4.20. The van der Waals surface area contributed by atoms with Gasteiger partial charge in [-0.2, -0.15) is 0 Å². The van der Waals surface area contributed by atoms with E-state index in [9.17, 15) is 0 Å². The number of hydrogen-bond acceptors (Lipinski definition) is 1. The van der Waals surface area contributed by atoms with Crippen molar-refractivity contribution in [3.63, 3.8) is 0 Å². The minimum Gasteiger partial charge on any atom is -0.364 e. The zero-order valence-corrected chi connectivity index (χ0v) is 9.87. The highest BCUT2D eigenvalue weighted by atomic mass is 32.2. The van der Waals surface area contributed by atoms with Gasteiger partial charge in [-0.15, -0.1) is 11.8 Å². The number of H-pyrrole nitrogens is 1. The first kappa shape index (κ1) is 11.2. The number of aryl methyl sites for hydroxylation is 1. The van der Waals surface area contributed by atoms with Crippen molar-refractivity contribution < 1.29 is 0 Å². The van der Waals surface area contributed by atoms with E-state index < -0.39 is 0 Å². The summed E-state index contributed by atoms with van der Waals surface area (Å²) in [5, 5.41) is 2.14. The molecule has 0 saturated carbocycles. The third-order valence-corrected chi connectivity index (χ3v) is 2.89. The molecule has 0 radical (unpaired) electrons. The van der Waals surface area contributed by atoms with Crippen molar-refractivity contribution in [1.29, 1.82) is 0 Å². The van der Waals surface area contributed by atoms with Gasteiger partial charge in [-0.3, -0.25) is 0 Å². The lowest BCUT2D eigenvalue weighted by atomic mass is 10.2. The van der Waals surface area contributed by atoms with Gasteiger partial charge in [0.1, 0.15) is 0 Å². The minimum absolute atomic E-state index is 1.06. The summed E-state index contributed by atoms with van der Waals surface area (Å²) in [6.45, 7) is 10.1. The van der Waals surface area contributed by atoms with Crippen LogP contribution < -0.4 is 0 Å². The molecular formula is C12H17NS. The normalized spacial score (nSPS) is 11.8. The van der Waals surface area contributed by atoms with Gasteiger partial charge in [0.25, 0.3) is 0 Å². The summed E-state index contributed by atoms with van der Waals surface area (Å²) in [5.41, 5.74) is 3.85. The molecule has 0 aromatic carbocycles. The fraction of sp³-hybridized carbons (Fsp3) is 0.333. The van der Waals surface area contributed by atoms with Gasteiger partial charge in [0.15, 0.2) is 0 Å². The lowest BCUT2D eigenvalue weighted by Gasteiger charge is -1.96. The van der Waals surface area contributed by atoms with E-state index >= 15 is 0 Å². The molecule has 0 unspecified atom stereocenters. The largest absolute Gasteiger partial charge is 0.364 e. The summed E-state index contributed by atoms with van der Waals surface area (Å²) < 4.78 is 0. The Labute approximate surface area is 90.3 Å². The van der Waals surface area contributed by atoms with Crippen LogP contribution in [0.2, 0.25) is 0 Å². The molecule has 76 valence electrons. The first-order valence-corrected chi connectivity index (χ1v) is 5.68. The molecule has 0 fully saturated rings. The van der Waals surface area contributed by atoms with Crippen LogP contribution in [-0.2, 0) is 6.42 Å². The number of rotatable bonds is 4. The molecule has 0 spiro atoms. The van der Waals surface area contributed by atoms with E-state index in [1.807, 2.05) is 6.92 Å². The van der Waals surface area contributed by atoms with Crippen LogP contribution >= 0.6 is 11.8 Å². The molecule has 1 rings (SSSR count). The lowest BCUT2D eigenvalue weighted by molar-refractivity contribution is 1.06. The molecular weight excluding hydrogens is 190 g/mol. The number of allylic oxidation sites excluding steroid dienone is 2. The minimum atomic E-state index is 1.06. The Hall–Kier alpha value is -0.890. The van der Waals surface area contributed by atoms with Gasteiger partial charge in [-0.25, -0.2) is 0 Å². The van der Waals surface area contributed by atoms with E-state index in [0.29, 0.717) is 0 Å². The molecule has 14 heavy (non-hydrogen) atoms. The van der Waals surface area contributed by atoms with Gasteiger partial charge in [-0.1, -0.05) is 13.5 Å². The van der Waals surface area contributed by atoms with Crippen LogP contribution in [0.1, 0.15) is 32.0 Å². The van der Waals surface area contributed by atoms with E-state index in [-0.39, 0.29) is 0 Å². The van der Waals surface area contributed by atoms with Crippen molar-refractivity contribution in [1.82, 2.24) is 4.98 Å². The van der Waals surface area contributed by atoms with Crippen LogP contribution in [0.3, 0.4) is 0 Å².